The standard InChI is InChI=1S/C14H14F3N5O2/c15-14(16,17)11-8-19-13(20-11)9-3-5-21(6-4-9)10-1-2-12(18-7-10)22(23)24/h1-2,7-9H,3-6H2,(H,19,20). The summed E-state index contributed by atoms with van der Waals surface area (Å²) in [6.07, 6.45) is -0.880. The van der Waals surface area contributed by atoms with E-state index in [4.69, 9.17) is 0 Å². The number of halogens is 3. The highest BCUT2D eigenvalue weighted by Gasteiger charge is 2.34. The highest BCUT2D eigenvalue weighted by Crippen LogP contribution is 2.32. The lowest BCUT2D eigenvalue weighted by atomic mass is 9.96. The number of imidazole rings is 1. The van der Waals surface area contributed by atoms with Crippen molar-refractivity contribution in [2.24, 2.45) is 0 Å². The second-order valence-corrected chi connectivity index (χ2v) is 5.57. The van der Waals surface area contributed by atoms with Crippen molar-refractivity contribution < 1.29 is 18.1 Å². The van der Waals surface area contributed by atoms with Gasteiger partial charge in [-0.3, -0.25) is 0 Å². The molecule has 1 fully saturated rings. The summed E-state index contributed by atoms with van der Waals surface area (Å²) in [7, 11) is 0. The molecule has 7 nitrogen and oxygen atoms in total. The molecule has 0 bridgehead atoms. The van der Waals surface area contributed by atoms with Crippen molar-refractivity contribution in [2.75, 3.05) is 18.0 Å². The number of hydrogen-bond donors (Lipinski definition) is 1. The molecule has 0 aliphatic carbocycles. The third-order valence-corrected chi connectivity index (χ3v) is 4.07. The number of nitrogens with zero attached hydrogens (tertiary/aromatic N) is 4. The van der Waals surface area contributed by atoms with Gasteiger partial charge >= 0.3 is 12.0 Å². The van der Waals surface area contributed by atoms with Gasteiger partial charge < -0.3 is 20.0 Å². The smallest absolute Gasteiger partial charge is 0.368 e. The average molecular weight is 341 g/mol. The van der Waals surface area contributed by atoms with E-state index in [1.54, 1.807) is 6.07 Å². The first kappa shape index (κ1) is 16.2. The molecule has 1 aliphatic rings. The Morgan fingerprint density at radius 2 is 1.92 bits per heavy atom. The van der Waals surface area contributed by atoms with Crippen LogP contribution in [0.2, 0.25) is 0 Å². The van der Waals surface area contributed by atoms with E-state index in [9.17, 15) is 23.3 Å². The molecule has 0 aromatic carbocycles. The predicted molar refractivity (Wildman–Crippen MR) is 78.7 cm³/mol. The third kappa shape index (κ3) is 3.31. The Kier molecular flexibility index (Phi) is 4.12. The first-order valence-electron chi connectivity index (χ1n) is 7.32. The van der Waals surface area contributed by atoms with Crippen LogP contribution in [0, 0.1) is 10.1 Å². The summed E-state index contributed by atoms with van der Waals surface area (Å²) < 4.78 is 37.8. The third-order valence-electron chi connectivity index (χ3n) is 4.07. The first-order chi connectivity index (χ1) is 11.3. The number of nitrogens with one attached hydrogen (secondary N) is 1. The molecule has 3 rings (SSSR count). The lowest BCUT2D eigenvalue weighted by molar-refractivity contribution is -0.389. The van der Waals surface area contributed by atoms with Gasteiger partial charge in [0.05, 0.1) is 11.9 Å². The van der Waals surface area contributed by atoms with E-state index >= 15 is 0 Å². The molecular weight excluding hydrogens is 327 g/mol. The monoisotopic (exact) mass is 341 g/mol. The van der Waals surface area contributed by atoms with Crippen LogP contribution < -0.4 is 4.90 Å². The van der Waals surface area contributed by atoms with Gasteiger partial charge in [-0.15, -0.1) is 0 Å². The number of nitro groups is 1. The Hall–Kier alpha value is -2.65. The fourth-order valence-corrected chi connectivity index (χ4v) is 2.77. The number of piperidine rings is 1. The van der Waals surface area contributed by atoms with Crippen molar-refractivity contribution in [3.8, 4) is 0 Å². The Morgan fingerprint density at radius 3 is 2.42 bits per heavy atom. The van der Waals surface area contributed by atoms with E-state index in [0.717, 1.165) is 11.9 Å². The molecule has 1 N–H and O–H groups in total. The topological polar surface area (TPSA) is 88.0 Å². The summed E-state index contributed by atoms with van der Waals surface area (Å²) in [6, 6.07) is 2.96. The zero-order valence-electron chi connectivity index (χ0n) is 12.5. The van der Waals surface area contributed by atoms with Crippen molar-refractivity contribution in [2.45, 2.75) is 24.9 Å². The lowest BCUT2D eigenvalue weighted by Crippen LogP contribution is -2.33. The van der Waals surface area contributed by atoms with Gasteiger partial charge in [0, 0.05) is 25.1 Å². The number of alkyl halides is 3. The highest BCUT2D eigenvalue weighted by molar-refractivity contribution is 5.47. The van der Waals surface area contributed by atoms with Gasteiger partial charge in [-0.2, -0.15) is 13.2 Å². The lowest BCUT2D eigenvalue weighted by Gasteiger charge is -2.32. The zero-order valence-corrected chi connectivity index (χ0v) is 12.5. The van der Waals surface area contributed by atoms with Crippen LogP contribution in [0.1, 0.15) is 30.3 Å². The fourth-order valence-electron chi connectivity index (χ4n) is 2.77. The predicted octanol–water partition coefficient (Wildman–Crippen LogP) is 3.12. The maximum absolute atomic E-state index is 12.6. The van der Waals surface area contributed by atoms with Crippen molar-refractivity contribution in [3.63, 3.8) is 0 Å². The number of H-pyrrole nitrogens is 1. The summed E-state index contributed by atoms with van der Waals surface area (Å²) in [5.41, 5.74) is -0.0750. The highest BCUT2D eigenvalue weighted by atomic mass is 19.4. The van der Waals surface area contributed by atoms with Gasteiger partial charge in [-0.1, -0.05) is 0 Å². The molecule has 24 heavy (non-hydrogen) atoms. The molecule has 10 heteroatoms. The van der Waals surface area contributed by atoms with Crippen LogP contribution in [0.4, 0.5) is 24.7 Å². The number of hydrogen-bond acceptors (Lipinski definition) is 5. The summed E-state index contributed by atoms with van der Waals surface area (Å²) in [4.78, 5) is 22.0. The maximum Gasteiger partial charge on any atom is 0.432 e. The molecule has 0 unspecified atom stereocenters. The Bertz CT molecular complexity index is 721. The minimum Gasteiger partial charge on any atom is -0.368 e. The van der Waals surface area contributed by atoms with Gasteiger partial charge in [-0.25, -0.2) is 4.98 Å². The van der Waals surface area contributed by atoms with Crippen LogP contribution in [0.25, 0.3) is 0 Å². The quantitative estimate of drug-likeness (QED) is 0.684. The number of aromatic amines is 1. The summed E-state index contributed by atoms with van der Waals surface area (Å²) in [6.45, 7) is 1.23. The average Bonchev–Trinajstić information content (AvgIpc) is 3.05. The second-order valence-electron chi connectivity index (χ2n) is 5.57. The van der Waals surface area contributed by atoms with Crippen LogP contribution in [0.3, 0.4) is 0 Å². The van der Waals surface area contributed by atoms with Gasteiger partial charge in [0.2, 0.25) is 0 Å². The molecule has 0 saturated carbocycles. The number of aromatic nitrogens is 3. The van der Waals surface area contributed by atoms with Crippen LogP contribution in [-0.4, -0.2) is 33.0 Å². The number of pyridine rings is 1. The Balaban J connectivity index is 1.63. The molecule has 0 radical (unpaired) electrons. The van der Waals surface area contributed by atoms with Gasteiger partial charge in [0.15, 0.2) is 6.20 Å². The second kappa shape index (κ2) is 6.10. The minimum absolute atomic E-state index is 0.0663. The Labute approximate surface area is 134 Å². The fraction of sp³-hybridized carbons (Fsp3) is 0.429. The molecule has 0 atom stereocenters. The van der Waals surface area contributed by atoms with Crippen molar-refractivity contribution >= 4 is 11.5 Å². The largest absolute Gasteiger partial charge is 0.432 e. The number of rotatable bonds is 3. The van der Waals surface area contributed by atoms with E-state index in [1.165, 1.54) is 12.3 Å². The molecule has 2 aromatic heterocycles. The van der Waals surface area contributed by atoms with E-state index < -0.39 is 16.8 Å². The van der Waals surface area contributed by atoms with Crippen LogP contribution >= 0.6 is 0 Å². The molecule has 0 amide bonds. The number of anilines is 1. The van der Waals surface area contributed by atoms with E-state index in [2.05, 4.69) is 15.0 Å². The van der Waals surface area contributed by atoms with Crippen LogP contribution in [0.5, 0.6) is 0 Å². The summed E-state index contributed by atoms with van der Waals surface area (Å²) in [5.74, 6) is 0.0658. The van der Waals surface area contributed by atoms with Crippen molar-refractivity contribution in [3.05, 3.63) is 46.2 Å². The van der Waals surface area contributed by atoms with Gasteiger partial charge in [0.1, 0.15) is 11.5 Å². The van der Waals surface area contributed by atoms with E-state index in [-0.39, 0.29) is 11.7 Å². The molecule has 1 saturated heterocycles. The minimum atomic E-state index is -4.42. The summed E-state index contributed by atoms with van der Waals surface area (Å²) in [5, 5.41) is 10.6. The Morgan fingerprint density at radius 1 is 1.21 bits per heavy atom. The van der Waals surface area contributed by atoms with Crippen LogP contribution in [-0.2, 0) is 6.18 Å². The molecule has 1 aliphatic heterocycles. The van der Waals surface area contributed by atoms with Crippen molar-refractivity contribution in [1.82, 2.24) is 15.0 Å². The summed E-state index contributed by atoms with van der Waals surface area (Å²) >= 11 is 0. The molecular formula is C14H14F3N5O2. The molecule has 128 valence electrons. The zero-order chi connectivity index (χ0) is 17.3. The van der Waals surface area contributed by atoms with Gasteiger partial charge in [0.25, 0.3) is 0 Å². The first-order valence-corrected chi connectivity index (χ1v) is 7.32. The molecule has 0 spiro atoms. The molecule has 3 heterocycles. The SMILES string of the molecule is O=[N+]([O-])c1ccc(N2CCC(c3ncc(C(F)(F)F)[nH]3)CC2)cn1. The normalized spacial score (nSPS) is 16.4. The van der Waals surface area contributed by atoms with E-state index in [1.807, 2.05) is 4.90 Å². The van der Waals surface area contributed by atoms with Crippen LogP contribution in [0.15, 0.2) is 24.5 Å². The van der Waals surface area contributed by atoms with Gasteiger partial charge in [-0.05, 0) is 28.8 Å². The molecule has 2 aromatic rings. The van der Waals surface area contributed by atoms with E-state index in [0.29, 0.717) is 31.8 Å². The maximum atomic E-state index is 12.6. The van der Waals surface area contributed by atoms with Crippen molar-refractivity contribution in [1.29, 1.82) is 0 Å².